The van der Waals surface area contributed by atoms with Crippen molar-refractivity contribution in [2.45, 2.75) is 13.3 Å². The number of benzene rings is 1. The summed E-state index contributed by atoms with van der Waals surface area (Å²) in [5.74, 6) is -0.189. The smallest absolute Gasteiger partial charge is 0.255 e. The number of fused-ring (bicyclic) bond motifs is 1. The summed E-state index contributed by atoms with van der Waals surface area (Å²) < 4.78 is 0. The Labute approximate surface area is 131 Å². The van der Waals surface area contributed by atoms with Crippen molar-refractivity contribution < 1.29 is 9.90 Å². The molecule has 0 radical (unpaired) electrons. The van der Waals surface area contributed by atoms with Crippen LogP contribution in [-0.2, 0) is 11.2 Å². The van der Waals surface area contributed by atoms with E-state index < -0.39 is 11.5 Å². The van der Waals surface area contributed by atoms with Crippen LogP contribution in [0.25, 0.3) is 10.9 Å². The molecule has 6 nitrogen and oxygen atoms in total. The van der Waals surface area contributed by atoms with Gasteiger partial charge < -0.3 is 15.4 Å². The number of hydrogen-bond acceptors (Lipinski definition) is 4. The Morgan fingerprint density at radius 2 is 2.04 bits per heavy atom. The maximum absolute atomic E-state index is 12.1. The Bertz CT molecular complexity index is 930. The SMILES string of the molecule is Cc1ccc(NC(=O)Cc2c(O)c3ccccc3[nH]c2=O)nc1. The number of aryl methyl sites for hydroxylation is 1. The average Bonchev–Trinajstić information content (AvgIpc) is 2.54. The molecular weight excluding hydrogens is 294 g/mol. The third kappa shape index (κ3) is 3.06. The largest absolute Gasteiger partial charge is 0.507 e. The third-order valence-electron chi connectivity index (χ3n) is 3.51. The molecule has 0 saturated carbocycles. The molecule has 3 N–H and O–H groups in total. The molecule has 0 saturated heterocycles. The Morgan fingerprint density at radius 1 is 1.26 bits per heavy atom. The molecule has 2 heterocycles. The zero-order valence-electron chi connectivity index (χ0n) is 12.5. The number of nitrogens with zero attached hydrogens (tertiary/aromatic N) is 1. The highest BCUT2D eigenvalue weighted by molar-refractivity contribution is 5.93. The van der Waals surface area contributed by atoms with Crippen molar-refractivity contribution in [3.8, 4) is 5.75 Å². The summed E-state index contributed by atoms with van der Waals surface area (Å²) in [7, 11) is 0. The van der Waals surface area contributed by atoms with E-state index in [1.54, 1.807) is 36.5 Å². The van der Waals surface area contributed by atoms with Gasteiger partial charge in [-0.1, -0.05) is 18.2 Å². The fourth-order valence-electron chi connectivity index (χ4n) is 2.32. The summed E-state index contributed by atoms with van der Waals surface area (Å²) in [5, 5.41) is 13.4. The van der Waals surface area contributed by atoms with Gasteiger partial charge in [-0.3, -0.25) is 9.59 Å². The second kappa shape index (κ2) is 5.92. The molecule has 6 heteroatoms. The van der Waals surface area contributed by atoms with Crippen molar-refractivity contribution in [1.29, 1.82) is 0 Å². The lowest BCUT2D eigenvalue weighted by Gasteiger charge is -2.08. The number of hydrogen-bond donors (Lipinski definition) is 3. The highest BCUT2D eigenvalue weighted by Crippen LogP contribution is 2.24. The number of carbonyl (C=O) groups is 1. The van der Waals surface area contributed by atoms with E-state index in [4.69, 9.17) is 0 Å². The molecule has 1 aromatic carbocycles. The number of para-hydroxylation sites is 1. The van der Waals surface area contributed by atoms with E-state index >= 15 is 0 Å². The summed E-state index contributed by atoms with van der Waals surface area (Å²) >= 11 is 0. The van der Waals surface area contributed by atoms with Gasteiger partial charge >= 0.3 is 0 Å². The minimum absolute atomic E-state index is 0.0355. The molecule has 3 rings (SSSR count). The van der Waals surface area contributed by atoms with Crippen LogP contribution < -0.4 is 10.9 Å². The number of anilines is 1. The molecule has 23 heavy (non-hydrogen) atoms. The highest BCUT2D eigenvalue weighted by Gasteiger charge is 2.15. The van der Waals surface area contributed by atoms with Gasteiger partial charge in [0.25, 0.3) is 5.56 Å². The van der Waals surface area contributed by atoms with Crippen molar-refractivity contribution in [2.24, 2.45) is 0 Å². The van der Waals surface area contributed by atoms with E-state index in [0.717, 1.165) is 5.56 Å². The standard InChI is InChI=1S/C17H15N3O3/c1-10-6-7-14(18-9-10)20-15(21)8-12-16(22)11-4-2-3-5-13(11)19-17(12)23/h2-7,9H,8H2,1H3,(H,18,20,21)(H2,19,22,23). The van der Waals surface area contributed by atoms with Crippen LogP contribution in [0.15, 0.2) is 47.4 Å². The van der Waals surface area contributed by atoms with Crippen LogP contribution >= 0.6 is 0 Å². The van der Waals surface area contributed by atoms with Crippen LogP contribution in [0.4, 0.5) is 5.82 Å². The van der Waals surface area contributed by atoms with Crippen molar-refractivity contribution in [2.75, 3.05) is 5.32 Å². The predicted octanol–water partition coefficient (Wildman–Crippen LogP) is 2.12. The Morgan fingerprint density at radius 3 is 2.78 bits per heavy atom. The Kier molecular flexibility index (Phi) is 3.80. The van der Waals surface area contributed by atoms with Gasteiger partial charge in [0.2, 0.25) is 5.91 Å². The van der Waals surface area contributed by atoms with E-state index in [2.05, 4.69) is 15.3 Å². The average molecular weight is 309 g/mol. The van der Waals surface area contributed by atoms with E-state index in [1.807, 2.05) is 13.0 Å². The minimum Gasteiger partial charge on any atom is -0.507 e. The molecule has 1 amide bonds. The molecule has 116 valence electrons. The summed E-state index contributed by atoms with van der Waals surface area (Å²) in [5.41, 5.74) is 1.06. The van der Waals surface area contributed by atoms with Crippen molar-refractivity contribution >= 4 is 22.6 Å². The van der Waals surface area contributed by atoms with E-state index in [0.29, 0.717) is 16.7 Å². The lowest BCUT2D eigenvalue weighted by Crippen LogP contribution is -2.21. The molecule has 0 bridgehead atoms. The molecular formula is C17H15N3O3. The number of rotatable bonds is 3. The molecule has 0 unspecified atom stereocenters. The van der Waals surface area contributed by atoms with Crippen LogP contribution in [0.5, 0.6) is 5.75 Å². The van der Waals surface area contributed by atoms with Gasteiger partial charge in [0.05, 0.1) is 17.5 Å². The van der Waals surface area contributed by atoms with Crippen molar-refractivity contribution in [3.05, 3.63) is 64.1 Å². The van der Waals surface area contributed by atoms with E-state index in [1.165, 1.54) is 0 Å². The Balaban J connectivity index is 1.87. The number of H-pyrrole nitrogens is 1. The molecule has 0 atom stereocenters. The van der Waals surface area contributed by atoms with Crippen LogP contribution in [0.1, 0.15) is 11.1 Å². The quantitative estimate of drug-likeness (QED) is 0.690. The number of carbonyl (C=O) groups excluding carboxylic acids is 1. The van der Waals surface area contributed by atoms with Gasteiger partial charge in [-0.2, -0.15) is 0 Å². The summed E-state index contributed by atoms with van der Waals surface area (Å²) in [4.78, 5) is 30.9. The lowest BCUT2D eigenvalue weighted by atomic mass is 10.1. The number of pyridine rings is 2. The monoisotopic (exact) mass is 309 g/mol. The van der Waals surface area contributed by atoms with Crippen LogP contribution in [0.3, 0.4) is 0 Å². The van der Waals surface area contributed by atoms with Gasteiger partial charge in [0, 0.05) is 11.6 Å². The Hall–Kier alpha value is -3.15. The summed E-state index contributed by atoms with van der Waals surface area (Å²) in [6.07, 6.45) is 1.40. The molecule has 3 aromatic rings. The molecule has 0 aliphatic rings. The van der Waals surface area contributed by atoms with Gasteiger partial charge in [-0.05, 0) is 30.7 Å². The molecule has 2 aromatic heterocycles. The first-order chi connectivity index (χ1) is 11.0. The normalized spacial score (nSPS) is 10.7. The van der Waals surface area contributed by atoms with Crippen LogP contribution in [-0.4, -0.2) is 21.0 Å². The molecule has 0 aliphatic carbocycles. The van der Waals surface area contributed by atoms with Gasteiger partial charge in [0.1, 0.15) is 11.6 Å². The fraction of sp³-hybridized carbons (Fsp3) is 0.118. The number of aromatic hydroxyl groups is 1. The van der Waals surface area contributed by atoms with Gasteiger partial charge in [0.15, 0.2) is 0 Å². The fourth-order valence-corrected chi connectivity index (χ4v) is 2.32. The predicted molar refractivity (Wildman–Crippen MR) is 87.5 cm³/mol. The zero-order valence-corrected chi connectivity index (χ0v) is 12.5. The maximum atomic E-state index is 12.1. The maximum Gasteiger partial charge on any atom is 0.255 e. The van der Waals surface area contributed by atoms with E-state index in [-0.39, 0.29) is 17.7 Å². The van der Waals surface area contributed by atoms with Gasteiger partial charge in [-0.15, -0.1) is 0 Å². The van der Waals surface area contributed by atoms with Crippen LogP contribution in [0.2, 0.25) is 0 Å². The first-order valence-corrected chi connectivity index (χ1v) is 7.10. The zero-order chi connectivity index (χ0) is 16.4. The first kappa shape index (κ1) is 14.8. The highest BCUT2D eigenvalue weighted by atomic mass is 16.3. The number of nitrogens with one attached hydrogen (secondary N) is 2. The number of aromatic nitrogens is 2. The molecule has 0 spiro atoms. The van der Waals surface area contributed by atoms with Crippen molar-refractivity contribution in [1.82, 2.24) is 9.97 Å². The second-order valence-corrected chi connectivity index (χ2v) is 5.27. The lowest BCUT2D eigenvalue weighted by molar-refractivity contribution is -0.115. The van der Waals surface area contributed by atoms with Crippen molar-refractivity contribution in [3.63, 3.8) is 0 Å². The van der Waals surface area contributed by atoms with Crippen LogP contribution in [0, 0.1) is 6.92 Å². The molecule has 0 aliphatic heterocycles. The second-order valence-electron chi connectivity index (χ2n) is 5.27. The topological polar surface area (TPSA) is 95.1 Å². The third-order valence-corrected chi connectivity index (χ3v) is 3.51. The molecule has 0 fully saturated rings. The first-order valence-electron chi connectivity index (χ1n) is 7.10. The summed E-state index contributed by atoms with van der Waals surface area (Å²) in [6.45, 7) is 1.89. The van der Waals surface area contributed by atoms with E-state index in [9.17, 15) is 14.7 Å². The van der Waals surface area contributed by atoms with Gasteiger partial charge in [-0.25, -0.2) is 4.98 Å². The number of aromatic amines is 1. The number of amides is 1. The summed E-state index contributed by atoms with van der Waals surface area (Å²) in [6, 6.07) is 10.4. The minimum atomic E-state index is -0.479.